The van der Waals surface area contributed by atoms with Crippen molar-refractivity contribution in [2.24, 2.45) is 0 Å². The Morgan fingerprint density at radius 2 is 2.00 bits per heavy atom. The normalized spacial score (nSPS) is 10.3. The van der Waals surface area contributed by atoms with E-state index in [4.69, 9.17) is 11.6 Å². The fraction of sp³-hybridized carbons (Fsp3) is 0.0714. The van der Waals surface area contributed by atoms with E-state index in [1.54, 1.807) is 18.2 Å². The Labute approximate surface area is 123 Å². The number of carbonyl (C=O) groups is 1. The van der Waals surface area contributed by atoms with Crippen molar-refractivity contribution in [3.8, 4) is 0 Å². The molecule has 0 aliphatic rings. The summed E-state index contributed by atoms with van der Waals surface area (Å²) in [6.07, 6.45) is 0. The van der Waals surface area contributed by atoms with Gasteiger partial charge in [0.05, 0.1) is 5.56 Å². The predicted octanol–water partition coefficient (Wildman–Crippen LogP) is 4.17. The van der Waals surface area contributed by atoms with Crippen LogP contribution in [0.15, 0.2) is 46.9 Å². The van der Waals surface area contributed by atoms with Crippen LogP contribution in [0.1, 0.15) is 15.9 Å². The largest absolute Gasteiger partial charge is 0.348 e. The van der Waals surface area contributed by atoms with Crippen LogP contribution in [0.3, 0.4) is 0 Å². The van der Waals surface area contributed by atoms with Gasteiger partial charge < -0.3 is 5.32 Å². The van der Waals surface area contributed by atoms with Crippen molar-refractivity contribution in [2.75, 3.05) is 0 Å². The van der Waals surface area contributed by atoms with E-state index in [9.17, 15) is 9.18 Å². The summed E-state index contributed by atoms with van der Waals surface area (Å²) in [5, 5.41) is 3.21. The summed E-state index contributed by atoms with van der Waals surface area (Å²) < 4.78 is 14.2. The van der Waals surface area contributed by atoms with E-state index in [1.807, 2.05) is 12.1 Å². The van der Waals surface area contributed by atoms with Crippen molar-refractivity contribution >= 4 is 33.4 Å². The minimum absolute atomic E-state index is 0.00949. The van der Waals surface area contributed by atoms with Gasteiger partial charge in [-0.05, 0) is 29.8 Å². The highest BCUT2D eigenvalue weighted by molar-refractivity contribution is 9.10. The van der Waals surface area contributed by atoms with Crippen molar-refractivity contribution in [3.05, 3.63) is 68.9 Å². The molecule has 2 aromatic carbocycles. The van der Waals surface area contributed by atoms with Crippen LogP contribution in [-0.4, -0.2) is 5.91 Å². The molecule has 0 radical (unpaired) electrons. The second-order valence-electron chi connectivity index (χ2n) is 3.90. The molecule has 2 nitrogen and oxygen atoms in total. The Morgan fingerprint density at radius 1 is 1.26 bits per heavy atom. The molecule has 0 atom stereocenters. The van der Waals surface area contributed by atoms with Gasteiger partial charge in [0.25, 0.3) is 5.91 Å². The minimum Gasteiger partial charge on any atom is -0.348 e. The molecule has 5 heteroatoms. The lowest BCUT2D eigenvalue weighted by atomic mass is 10.2. The zero-order valence-corrected chi connectivity index (χ0v) is 12.1. The molecule has 2 rings (SSSR count). The zero-order chi connectivity index (χ0) is 13.8. The van der Waals surface area contributed by atoms with E-state index in [0.717, 1.165) is 5.56 Å². The van der Waals surface area contributed by atoms with Crippen LogP contribution in [0.4, 0.5) is 4.39 Å². The van der Waals surface area contributed by atoms with Crippen molar-refractivity contribution in [3.63, 3.8) is 0 Å². The first-order valence-corrected chi connectivity index (χ1v) is 6.71. The molecule has 0 aromatic heterocycles. The average molecular weight is 343 g/mol. The van der Waals surface area contributed by atoms with Crippen LogP contribution >= 0.6 is 27.5 Å². The summed E-state index contributed by atoms with van der Waals surface area (Å²) in [6.45, 7) is 0.258. The second kappa shape index (κ2) is 6.17. The summed E-state index contributed by atoms with van der Waals surface area (Å²) in [6, 6.07) is 11.5. The molecule has 0 aliphatic heterocycles. The molecule has 0 bridgehead atoms. The first kappa shape index (κ1) is 14.0. The first-order valence-electron chi connectivity index (χ1n) is 5.54. The molecule has 0 unspecified atom stereocenters. The van der Waals surface area contributed by atoms with Gasteiger partial charge >= 0.3 is 0 Å². The molecule has 1 amide bonds. The Kier molecular flexibility index (Phi) is 4.56. The van der Waals surface area contributed by atoms with Crippen LogP contribution in [0.25, 0.3) is 0 Å². The van der Waals surface area contributed by atoms with Gasteiger partial charge in [-0.2, -0.15) is 0 Å². The topological polar surface area (TPSA) is 29.1 Å². The highest BCUT2D eigenvalue weighted by Crippen LogP contribution is 2.17. The Balaban J connectivity index is 2.08. The van der Waals surface area contributed by atoms with E-state index >= 15 is 0 Å². The fourth-order valence-electron chi connectivity index (χ4n) is 1.59. The maximum Gasteiger partial charge on any atom is 0.254 e. The van der Waals surface area contributed by atoms with Crippen LogP contribution in [0, 0.1) is 5.82 Å². The number of hydrogen-bond acceptors (Lipinski definition) is 1. The number of carbonyl (C=O) groups excluding carboxylic acids is 1. The van der Waals surface area contributed by atoms with Crippen LogP contribution in [-0.2, 0) is 6.54 Å². The molecule has 0 saturated heterocycles. The SMILES string of the molecule is O=C(NCc1ccccc1Cl)c1ccc(Br)cc1F. The molecule has 0 spiro atoms. The first-order chi connectivity index (χ1) is 9.08. The summed E-state index contributed by atoms with van der Waals surface area (Å²) in [7, 11) is 0. The maximum atomic E-state index is 13.6. The number of nitrogens with one attached hydrogen (secondary N) is 1. The number of benzene rings is 2. The Bertz CT molecular complexity index is 618. The average Bonchev–Trinajstić information content (AvgIpc) is 2.37. The van der Waals surface area contributed by atoms with Gasteiger partial charge in [0.15, 0.2) is 0 Å². The van der Waals surface area contributed by atoms with Crippen molar-refractivity contribution < 1.29 is 9.18 Å². The fourth-order valence-corrected chi connectivity index (χ4v) is 2.12. The second-order valence-corrected chi connectivity index (χ2v) is 5.22. The number of amides is 1. The van der Waals surface area contributed by atoms with E-state index in [0.29, 0.717) is 9.50 Å². The summed E-state index contributed by atoms with van der Waals surface area (Å²) >= 11 is 9.12. The molecular weight excluding hydrogens is 333 g/mol. The molecular formula is C14H10BrClFNO. The smallest absolute Gasteiger partial charge is 0.254 e. The van der Waals surface area contributed by atoms with Crippen molar-refractivity contribution in [1.29, 1.82) is 0 Å². The van der Waals surface area contributed by atoms with Crippen LogP contribution in [0.2, 0.25) is 5.02 Å². The predicted molar refractivity (Wildman–Crippen MR) is 76.7 cm³/mol. The van der Waals surface area contributed by atoms with Gasteiger partial charge in [-0.15, -0.1) is 0 Å². The van der Waals surface area contributed by atoms with E-state index in [2.05, 4.69) is 21.2 Å². The van der Waals surface area contributed by atoms with Gasteiger partial charge in [0, 0.05) is 16.0 Å². The van der Waals surface area contributed by atoms with Gasteiger partial charge in [0.2, 0.25) is 0 Å². The summed E-state index contributed by atoms with van der Waals surface area (Å²) in [5.41, 5.74) is 0.797. The molecule has 0 saturated carbocycles. The highest BCUT2D eigenvalue weighted by atomic mass is 79.9. The standard InChI is InChI=1S/C14H10BrClFNO/c15-10-5-6-11(13(17)7-10)14(19)18-8-9-3-1-2-4-12(9)16/h1-7H,8H2,(H,18,19). The molecule has 0 heterocycles. The molecule has 19 heavy (non-hydrogen) atoms. The van der Waals surface area contributed by atoms with Gasteiger partial charge in [-0.1, -0.05) is 45.7 Å². The van der Waals surface area contributed by atoms with E-state index in [-0.39, 0.29) is 12.1 Å². The lowest BCUT2D eigenvalue weighted by Gasteiger charge is -2.07. The number of hydrogen-bond donors (Lipinski definition) is 1. The quantitative estimate of drug-likeness (QED) is 0.891. The molecule has 98 valence electrons. The lowest BCUT2D eigenvalue weighted by Crippen LogP contribution is -2.23. The molecule has 1 N–H and O–H groups in total. The number of rotatable bonds is 3. The summed E-state index contributed by atoms with van der Waals surface area (Å²) in [5.74, 6) is -1.03. The monoisotopic (exact) mass is 341 g/mol. The molecule has 0 aliphatic carbocycles. The number of halogens is 3. The van der Waals surface area contributed by atoms with Gasteiger partial charge in [-0.3, -0.25) is 4.79 Å². The van der Waals surface area contributed by atoms with Crippen LogP contribution < -0.4 is 5.32 Å². The molecule has 2 aromatic rings. The Hall–Kier alpha value is -1.39. The zero-order valence-electron chi connectivity index (χ0n) is 9.79. The van der Waals surface area contributed by atoms with Crippen molar-refractivity contribution in [1.82, 2.24) is 5.32 Å². The van der Waals surface area contributed by atoms with Crippen molar-refractivity contribution in [2.45, 2.75) is 6.54 Å². The summed E-state index contributed by atoms with van der Waals surface area (Å²) in [4.78, 5) is 11.9. The third kappa shape index (κ3) is 3.55. The van der Waals surface area contributed by atoms with Gasteiger partial charge in [-0.25, -0.2) is 4.39 Å². The van der Waals surface area contributed by atoms with E-state index < -0.39 is 11.7 Å². The van der Waals surface area contributed by atoms with Crippen LogP contribution in [0.5, 0.6) is 0 Å². The lowest BCUT2D eigenvalue weighted by molar-refractivity contribution is 0.0947. The highest BCUT2D eigenvalue weighted by Gasteiger charge is 2.11. The third-order valence-electron chi connectivity index (χ3n) is 2.57. The van der Waals surface area contributed by atoms with E-state index in [1.165, 1.54) is 12.1 Å². The third-order valence-corrected chi connectivity index (χ3v) is 3.43. The maximum absolute atomic E-state index is 13.6. The Morgan fingerprint density at radius 3 is 2.68 bits per heavy atom. The molecule has 0 fully saturated rings. The minimum atomic E-state index is -0.564. The van der Waals surface area contributed by atoms with Gasteiger partial charge in [0.1, 0.15) is 5.82 Å².